The monoisotopic (exact) mass is 428 g/mol. The number of anilines is 1. The predicted molar refractivity (Wildman–Crippen MR) is 116 cm³/mol. The fraction of sp³-hybridized carbons (Fsp3) is 0.227. The number of nitrogens with one attached hydrogen (secondary N) is 1. The van der Waals surface area contributed by atoms with Crippen LogP contribution in [0.15, 0.2) is 48.7 Å². The standard InChI is InChI=1S/C22H22ClFN4O2/c1-13(28(4)22(30)26-14-9-10-19(24)18(23)11-14)17-12-25-20(21(29)27(2)3)16-8-6-5-7-15(16)17/h5-13H,1-4H3,(H,26,30). The lowest BCUT2D eigenvalue weighted by molar-refractivity contribution is 0.0824. The summed E-state index contributed by atoms with van der Waals surface area (Å²) in [6.45, 7) is 1.87. The second kappa shape index (κ2) is 8.67. The molecule has 3 amide bonds. The van der Waals surface area contributed by atoms with Crippen LogP contribution < -0.4 is 5.32 Å². The van der Waals surface area contributed by atoms with Crippen LogP contribution in [0.4, 0.5) is 14.9 Å². The highest BCUT2D eigenvalue weighted by atomic mass is 35.5. The number of hydrogen-bond acceptors (Lipinski definition) is 3. The fourth-order valence-corrected chi connectivity index (χ4v) is 3.28. The maximum Gasteiger partial charge on any atom is 0.322 e. The molecule has 156 valence electrons. The van der Waals surface area contributed by atoms with Gasteiger partial charge in [0, 0.05) is 44.0 Å². The van der Waals surface area contributed by atoms with Gasteiger partial charge in [0.05, 0.1) is 11.1 Å². The summed E-state index contributed by atoms with van der Waals surface area (Å²) < 4.78 is 13.3. The van der Waals surface area contributed by atoms with Gasteiger partial charge < -0.3 is 15.1 Å². The lowest BCUT2D eigenvalue weighted by atomic mass is 9.99. The van der Waals surface area contributed by atoms with E-state index in [0.717, 1.165) is 16.3 Å². The molecule has 0 spiro atoms. The third-order valence-corrected chi connectivity index (χ3v) is 5.25. The smallest absolute Gasteiger partial charge is 0.322 e. The largest absolute Gasteiger partial charge is 0.343 e. The maximum atomic E-state index is 13.3. The van der Waals surface area contributed by atoms with Crippen LogP contribution in [0.25, 0.3) is 10.8 Å². The van der Waals surface area contributed by atoms with Gasteiger partial charge in [-0.05, 0) is 30.5 Å². The van der Waals surface area contributed by atoms with Gasteiger partial charge in [0.15, 0.2) is 0 Å². The van der Waals surface area contributed by atoms with Crippen molar-refractivity contribution < 1.29 is 14.0 Å². The Kier molecular flexibility index (Phi) is 6.22. The number of fused-ring (bicyclic) bond motifs is 1. The van der Waals surface area contributed by atoms with Crippen molar-refractivity contribution in [2.45, 2.75) is 13.0 Å². The van der Waals surface area contributed by atoms with Crippen molar-refractivity contribution in [2.75, 3.05) is 26.5 Å². The summed E-state index contributed by atoms with van der Waals surface area (Å²) in [7, 11) is 5.00. The van der Waals surface area contributed by atoms with Gasteiger partial charge in [-0.2, -0.15) is 0 Å². The molecule has 0 saturated heterocycles. The highest BCUT2D eigenvalue weighted by molar-refractivity contribution is 6.31. The van der Waals surface area contributed by atoms with E-state index in [1.807, 2.05) is 31.2 Å². The van der Waals surface area contributed by atoms with Gasteiger partial charge in [-0.25, -0.2) is 9.18 Å². The lowest BCUT2D eigenvalue weighted by Crippen LogP contribution is -2.34. The van der Waals surface area contributed by atoms with E-state index in [4.69, 9.17) is 11.6 Å². The second-order valence-corrected chi connectivity index (χ2v) is 7.56. The molecule has 1 N–H and O–H groups in total. The van der Waals surface area contributed by atoms with Crippen LogP contribution in [-0.4, -0.2) is 47.9 Å². The molecule has 0 aliphatic carbocycles. The third-order valence-electron chi connectivity index (χ3n) is 4.96. The van der Waals surface area contributed by atoms with E-state index in [1.165, 1.54) is 28.0 Å². The summed E-state index contributed by atoms with van der Waals surface area (Å²) >= 11 is 5.78. The number of halogens is 2. The molecule has 3 aromatic rings. The summed E-state index contributed by atoms with van der Waals surface area (Å²) in [6, 6.07) is 10.7. The number of hydrogen-bond donors (Lipinski definition) is 1. The van der Waals surface area contributed by atoms with Crippen molar-refractivity contribution in [3.63, 3.8) is 0 Å². The number of urea groups is 1. The molecule has 2 aromatic carbocycles. The van der Waals surface area contributed by atoms with Crippen LogP contribution in [0.1, 0.15) is 29.0 Å². The van der Waals surface area contributed by atoms with Gasteiger partial charge in [0.2, 0.25) is 0 Å². The minimum atomic E-state index is -0.554. The van der Waals surface area contributed by atoms with E-state index in [-0.39, 0.29) is 23.0 Å². The van der Waals surface area contributed by atoms with E-state index in [2.05, 4.69) is 10.3 Å². The molecule has 1 aromatic heterocycles. The number of carbonyl (C=O) groups is 2. The molecule has 6 nitrogen and oxygen atoms in total. The minimum absolute atomic E-state index is 0.0696. The summed E-state index contributed by atoms with van der Waals surface area (Å²) in [6.07, 6.45) is 1.63. The zero-order valence-electron chi connectivity index (χ0n) is 17.1. The number of nitrogens with zero attached hydrogens (tertiary/aromatic N) is 3. The molecule has 0 fully saturated rings. The molecule has 0 aliphatic rings. The summed E-state index contributed by atoms with van der Waals surface area (Å²) in [4.78, 5) is 32.6. The first-order chi connectivity index (χ1) is 14.2. The van der Waals surface area contributed by atoms with E-state index < -0.39 is 5.82 Å². The molecular weight excluding hydrogens is 407 g/mol. The normalized spacial score (nSPS) is 11.8. The molecule has 0 bridgehead atoms. The number of aromatic nitrogens is 1. The first-order valence-corrected chi connectivity index (χ1v) is 9.66. The van der Waals surface area contributed by atoms with Crippen LogP contribution in [0.3, 0.4) is 0 Å². The Labute approximate surface area is 179 Å². The van der Waals surface area contributed by atoms with Crippen molar-refractivity contribution >= 4 is 40.0 Å². The summed E-state index contributed by atoms with van der Waals surface area (Å²) in [5, 5.41) is 4.20. The molecule has 1 heterocycles. The lowest BCUT2D eigenvalue weighted by Gasteiger charge is -2.27. The van der Waals surface area contributed by atoms with Crippen LogP contribution in [0, 0.1) is 5.82 Å². The average Bonchev–Trinajstić information content (AvgIpc) is 2.73. The maximum absolute atomic E-state index is 13.3. The van der Waals surface area contributed by atoms with Gasteiger partial charge in [-0.15, -0.1) is 0 Å². The molecule has 0 aliphatic heterocycles. The topological polar surface area (TPSA) is 65.5 Å². The second-order valence-electron chi connectivity index (χ2n) is 7.15. The molecular formula is C22H22ClFN4O2. The predicted octanol–water partition coefficient (Wildman–Crippen LogP) is 4.95. The molecule has 8 heteroatoms. The number of rotatable bonds is 4. The average molecular weight is 429 g/mol. The minimum Gasteiger partial charge on any atom is -0.343 e. The SMILES string of the molecule is CC(c1cnc(C(=O)N(C)C)c2ccccc12)N(C)C(=O)Nc1ccc(F)c(Cl)c1. The van der Waals surface area contributed by atoms with Gasteiger partial charge in [0.1, 0.15) is 11.5 Å². The van der Waals surface area contributed by atoms with Crippen molar-refractivity contribution in [3.8, 4) is 0 Å². The number of carbonyl (C=O) groups excluding carboxylic acids is 2. The van der Waals surface area contributed by atoms with Crippen LogP contribution in [-0.2, 0) is 0 Å². The van der Waals surface area contributed by atoms with E-state index >= 15 is 0 Å². The Balaban J connectivity index is 1.91. The molecule has 1 atom stereocenters. The third kappa shape index (κ3) is 4.21. The van der Waals surface area contributed by atoms with Crippen molar-refractivity contribution in [1.82, 2.24) is 14.8 Å². The van der Waals surface area contributed by atoms with Crippen molar-refractivity contribution in [1.29, 1.82) is 0 Å². The van der Waals surface area contributed by atoms with E-state index in [1.54, 1.807) is 27.3 Å². The van der Waals surface area contributed by atoms with Gasteiger partial charge >= 0.3 is 6.03 Å². The molecule has 30 heavy (non-hydrogen) atoms. The first kappa shape index (κ1) is 21.5. The van der Waals surface area contributed by atoms with Crippen LogP contribution in [0.5, 0.6) is 0 Å². The van der Waals surface area contributed by atoms with Crippen LogP contribution in [0.2, 0.25) is 5.02 Å². The van der Waals surface area contributed by atoms with E-state index in [9.17, 15) is 14.0 Å². The van der Waals surface area contributed by atoms with Crippen molar-refractivity contribution in [3.05, 3.63) is 70.8 Å². The number of benzene rings is 2. The van der Waals surface area contributed by atoms with Crippen molar-refractivity contribution in [2.24, 2.45) is 0 Å². The molecule has 3 rings (SSSR count). The quantitative estimate of drug-likeness (QED) is 0.639. The van der Waals surface area contributed by atoms with Gasteiger partial charge in [-0.3, -0.25) is 9.78 Å². The number of pyridine rings is 1. The Bertz CT molecular complexity index is 1120. The summed E-state index contributed by atoms with van der Waals surface area (Å²) in [5.41, 5.74) is 1.55. The Morgan fingerprint density at radius 2 is 1.77 bits per heavy atom. The van der Waals surface area contributed by atoms with Gasteiger partial charge in [-0.1, -0.05) is 35.9 Å². The molecule has 1 unspecified atom stereocenters. The Morgan fingerprint density at radius 3 is 2.40 bits per heavy atom. The zero-order valence-corrected chi connectivity index (χ0v) is 17.9. The molecule has 0 saturated carbocycles. The number of amides is 3. The Hall–Kier alpha value is -3.19. The summed E-state index contributed by atoms with van der Waals surface area (Å²) in [5.74, 6) is -0.744. The van der Waals surface area contributed by atoms with Gasteiger partial charge in [0.25, 0.3) is 5.91 Å². The zero-order chi connectivity index (χ0) is 22.0. The molecule has 0 radical (unpaired) electrons. The highest BCUT2D eigenvalue weighted by Gasteiger charge is 2.22. The van der Waals surface area contributed by atoms with E-state index in [0.29, 0.717) is 11.4 Å². The Morgan fingerprint density at radius 1 is 1.10 bits per heavy atom. The van der Waals surface area contributed by atoms with Crippen LogP contribution >= 0.6 is 11.6 Å². The first-order valence-electron chi connectivity index (χ1n) is 9.29. The fourth-order valence-electron chi connectivity index (χ4n) is 3.10. The highest BCUT2D eigenvalue weighted by Crippen LogP contribution is 2.29.